The van der Waals surface area contributed by atoms with Gasteiger partial charge in [0.15, 0.2) is 5.82 Å². The van der Waals surface area contributed by atoms with Crippen LogP contribution in [0.25, 0.3) is 93.8 Å². The van der Waals surface area contributed by atoms with Crippen molar-refractivity contribution in [2.24, 2.45) is 7.05 Å². The van der Waals surface area contributed by atoms with Crippen LogP contribution in [-0.4, -0.2) is 24.1 Å². The van der Waals surface area contributed by atoms with E-state index >= 15 is 0 Å². The molecule has 2 aliphatic carbocycles. The summed E-state index contributed by atoms with van der Waals surface area (Å²) in [5.74, 6) is 3.21. The molecule has 1 aliphatic heterocycles. The van der Waals surface area contributed by atoms with Crippen LogP contribution in [0, 0.1) is 0 Å². The van der Waals surface area contributed by atoms with Crippen molar-refractivity contribution < 1.29 is 9.15 Å². The summed E-state index contributed by atoms with van der Waals surface area (Å²) in [4.78, 5) is 13.7. The van der Waals surface area contributed by atoms with Crippen molar-refractivity contribution in [3.8, 4) is 28.6 Å². The molecule has 12 aromatic rings. The quantitative estimate of drug-likeness (QED) is 0.166. The first kappa shape index (κ1) is 44.1. The SMILES string of the molecule is Cn1c2ccccc2c2c3c4ccccc4n(-c4cc(C5=CC=CCC=C5)cc(C5=CCC=CC=C5)c4)c3ccc21.c1ccc2c(c1)Cc1cc(-c3ncnc(Cc4ccc5oc6ccccc6c5c4)n3)ccc1O2. The van der Waals surface area contributed by atoms with Crippen molar-refractivity contribution in [2.45, 2.75) is 25.7 Å². The first-order valence-corrected chi connectivity index (χ1v) is 25.7. The molecular weight excluding hydrogens is 919 g/mol. The number of furan rings is 1. The van der Waals surface area contributed by atoms with Crippen molar-refractivity contribution in [2.75, 3.05) is 0 Å². The molecule has 15 rings (SSSR count). The van der Waals surface area contributed by atoms with Crippen molar-refractivity contribution >= 4 is 76.7 Å². The molecule has 3 aliphatic rings. The molecule has 0 unspecified atom stereocenters. The second-order valence-corrected chi connectivity index (χ2v) is 19.5. The number of allylic oxidation sites excluding steroid dienone is 12. The van der Waals surface area contributed by atoms with Crippen LogP contribution in [0.3, 0.4) is 0 Å². The summed E-state index contributed by atoms with van der Waals surface area (Å²) in [6, 6.07) is 58.0. The summed E-state index contributed by atoms with van der Waals surface area (Å²) < 4.78 is 16.8. The zero-order chi connectivity index (χ0) is 49.8. The summed E-state index contributed by atoms with van der Waals surface area (Å²) in [5, 5.41) is 7.45. The fraction of sp³-hybridized carbons (Fsp3) is 0.0735. The average Bonchev–Trinajstić information content (AvgIpc) is 3.89. The molecule has 358 valence electrons. The maximum atomic E-state index is 6.07. The molecule has 0 radical (unpaired) electrons. The Morgan fingerprint density at radius 3 is 2.19 bits per heavy atom. The summed E-state index contributed by atoms with van der Waals surface area (Å²) >= 11 is 0. The lowest BCUT2D eigenvalue weighted by atomic mass is 9.96. The minimum Gasteiger partial charge on any atom is -0.457 e. The number of aromatic nitrogens is 5. The number of benzene rings is 8. The van der Waals surface area contributed by atoms with Gasteiger partial charge in [-0.1, -0.05) is 140 Å². The predicted molar refractivity (Wildman–Crippen MR) is 308 cm³/mol. The lowest BCUT2D eigenvalue weighted by Gasteiger charge is -2.20. The first-order chi connectivity index (χ1) is 37.1. The molecule has 5 heterocycles. The first-order valence-electron chi connectivity index (χ1n) is 25.7. The molecule has 0 N–H and O–H groups in total. The van der Waals surface area contributed by atoms with Crippen LogP contribution in [0.15, 0.2) is 235 Å². The van der Waals surface area contributed by atoms with Crippen LogP contribution >= 0.6 is 0 Å². The zero-order valence-corrected chi connectivity index (χ0v) is 41.3. The van der Waals surface area contributed by atoms with Gasteiger partial charge in [-0.2, -0.15) is 0 Å². The maximum Gasteiger partial charge on any atom is 0.163 e. The van der Waals surface area contributed by atoms with E-state index in [1.54, 1.807) is 6.33 Å². The van der Waals surface area contributed by atoms with Gasteiger partial charge < -0.3 is 18.3 Å². The number of hydrogen-bond donors (Lipinski definition) is 0. The van der Waals surface area contributed by atoms with Crippen LogP contribution < -0.4 is 4.74 Å². The maximum absolute atomic E-state index is 6.07. The van der Waals surface area contributed by atoms with Crippen molar-refractivity contribution in [1.82, 2.24) is 24.1 Å². The van der Waals surface area contributed by atoms with E-state index in [1.807, 2.05) is 54.6 Å². The molecule has 7 heteroatoms. The van der Waals surface area contributed by atoms with E-state index in [4.69, 9.17) is 14.1 Å². The molecule has 0 bridgehead atoms. The Kier molecular flexibility index (Phi) is 10.9. The normalized spacial score (nSPS) is 13.9. The number of rotatable bonds is 6. The van der Waals surface area contributed by atoms with Crippen LogP contribution in [-0.2, 0) is 19.9 Å². The van der Waals surface area contributed by atoms with Gasteiger partial charge in [0.1, 0.15) is 34.8 Å². The highest BCUT2D eigenvalue weighted by Gasteiger charge is 2.21. The third-order valence-corrected chi connectivity index (χ3v) is 14.9. The Morgan fingerprint density at radius 1 is 0.520 bits per heavy atom. The van der Waals surface area contributed by atoms with Gasteiger partial charge in [0, 0.05) is 80.1 Å². The smallest absolute Gasteiger partial charge is 0.163 e. The minimum atomic E-state index is 0.617. The van der Waals surface area contributed by atoms with Crippen LogP contribution in [0.2, 0.25) is 0 Å². The summed E-state index contributed by atoms with van der Waals surface area (Å²) in [6.07, 6.45) is 27.1. The standard InChI is InChI=1S/C39H30N2.C29H19N3O2/c1-40-34-20-12-10-18-32(34)38-36(40)22-23-37-39(38)33-19-11-13-21-35(33)41(37)31-25-29(27-14-6-2-3-7-15-27)24-30(26-31)28-16-8-4-5-9-17-28;1-3-7-24-19(5-1)15-21-16-20(10-12-25(21)33-24)29-31-17-30-28(32-29)14-18-9-11-27-23(13-18)22-6-2-4-8-26(22)34-27/h2-4,6,8-26H,5,7H2,1H3;1-13,16-17H,14-15H2. The third kappa shape index (κ3) is 7.97. The van der Waals surface area contributed by atoms with Gasteiger partial charge in [-0.3, -0.25) is 0 Å². The van der Waals surface area contributed by atoms with Crippen LogP contribution in [0.1, 0.15) is 46.5 Å². The van der Waals surface area contributed by atoms with Crippen molar-refractivity contribution in [3.63, 3.8) is 0 Å². The number of nitrogens with zero attached hydrogens (tertiary/aromatic N) is 5. The van der Waals surface area contributed by atoms with E-state index in [-0.39, 0.29) is 0 Å². The minimum absolute atomic E-state index is 0.617. The molecule has 4 aromatic heterocycles. The van der Waals surface area contributed by atoms with E-state index in [0.29, 0.717) is 12.2 Å². The lowest BCUT2D eigenvalue weighted by Crippen LogP contribution is -2.04. The fourth-order valence-corrected chi connectivity index (χ4v) is 11.3. The number of para-hydroxylation sites is 4. The van der Waals surface area contributed by atoms with Gasteiger partial charge >= 0.3 is 0 Å². The largest absolute Gasteiger partial charge is 0.457 e. The van der Waals surface area contributed by atoms with E-state index in [1.165, 1.54) is 77.1 Å². The molecule has 8 aromatic carbocycles. The van der Waals surface area contributed by atoms with Crippen molar-refractivity contribution in [1.29, 1.82) is 0 Å². The number of fused-ring (bicyclic) bond motifs is 12. The number of aryl methyl sites for hydroxylation is 1. The van der Waals surface area contributed by atoms with Gasteiger partial charge in [-0.25, -0.2) is 15.0 Å². The molecule has 0 fully saturated rings. The van der Waals surface area contributed by atoms with Gasteiger partial charge in [0.05, 0.1) is 11.0 Å². The summed E-state index contributed by atoms with van der Waals surface area (Å²) in [5.41, 5.74) is 17.3. The highest BCUT2D eigenvalue weighted by molar-refractivity contribution is 6.28. The monoisotopic (exact) mass is 967 g/mol. The Labute approximate surface area is 433 Å². The molecule has 0 amide bonds. The van der Waals surface area contributed by atoms with Crippen LogP contribution in [0.4, 0.5) is 0 Å². The van der Waals surface area contributed by atoms with Crippen molar-refractivity contribution in [3.05, 3.63) is 265 Å². The Balaban J connectivity index is 0.000000140. The molecule has 0 spiro atoms. The van der Waals surface area contributed by atoms with E-state index < -0.39 is 0 Å². The zero-order valence-electron chi connectivity index (χ0n) is 41.3. The van der Waals surface area contributed by atoms with E-state index in [2.05, 4.69) is 196 Å². The Morgan fingerprint density at radius 2 is 1.27 bits per heavy atom. The average molecular weight is 968 g/mol. The predicted octanol–water partition coefficient (Wildman–Crippen LogP) is 17.0. The van der Waals surface area contributed by atoms with Gasteiger partial charge in [-0.05, 0) is 131 Å². The van der Waals surface area contributed by atoms with Gasteiger partial charge in [0.2, 0.25) is 0 Å². The highest BCUT2D eigenvalue weighted by Crippen LogP contribution is 2.43. The highest BCUT2D eigenvalue weighted by atomic mass is 16.5. The fourth-order valence-electron chi connectivity index (χ4n) is 11.3. The van der Waals surface area contributed by atoms with E-state index in [0.717, 1.165) is 75.2 Å². The molecular formula is C68H49N5O2. The number of hydrogen-bond acceptors (Lipinski definition) is 5. The summed E-state index contributed by atoms with van der Waals surface area (Å²) in [7, 11) is 2.18. The topological polar surface area (TPSA) is 70.9 Å². The van der Waals surface area contributed by atoms with Crippen LogP contribution in [0.5, 0.6) is 11.5 Å². The van der Waals surface area contributed by atoms with Gasteiger partial charge in [-0.15, -0.1) is 0 Å². The van der Waals surface area contributed by atoms with E-state index in [9.17, 15) is 0 Å². The second kappa shape index (κ2) is 18.5. The molecule has 0 saturated heterocycles. The second-order valence-electron chi connectivity index (χ2n) is 19.5. The molecule has 75 heavy (non-hydrogen) atoms. The Bertz CT molecular complexity index is 4470. The third-order valence-electron chi connectivity index (χ3n) is 14.9. The Hall–Kier alpha value is -9.59. The van der Waals surface area contributed by atoms with Gasteiger partial charge in [0.25, 0.3) is 0 Å². The number of ether oxygens (including phenoxy) is 1. The molecule has 0 atom stereocenters. The molecule has 0 saturated carbocycles. The molecule has 7 nitrogen and oxygen atoms in total. The lowest BCUT2D eigenvalue weighted by molar-refractivity contribution is 0.460. The summed E-state index contributed by atoms with van der Waals surface area (Å²) in [6.45, 7) is 0.